The lowest BCUT2D eigenvalue weighted by atomic mass is 10.2. The van der Waals surface area contributed by atoms with E-state index in [1.807, 2.05) is 37.3 Å². The van der Waals surface area contributed by atoms with Gasteiger partial charge in [-0.25, -0.2) is 4.79 Å². The van der Waals surface area contributed by atoms with Crippen LogP contribution < -0.4 is 5.69 Å². The number of halogens is 1. The van der Waals surface area contributed by atoms with Gasteiger partial charge in [-0.1, -0.05) is 6.07 Å². The van der Waals surface area contributed by atoms with Gasteiger partial charge in [-0.15, -0.1) is 11.3 Å². The van der Waals surface area contributed by atoms with Gasteiger partial charge in [0, 0.05) is 0 Å². The molecule has 3 nitrogen and oxygen atoms in total. The van der Waals surface area contributed by atoms with E-state index >= 15 is 0 Å². The van der Waals surface area contributed by atoms with E-state index in [1.165, 1.54) is 11.3 Å². The summed E-state index contributed by atoms with van der Waals surface area (Å²) in [4.78, 5) is 14.8. The van der Waals surface area contributed by atoms with E-state index in [0.717, 1.165) is 25.4 Å². The number of nitrogens with one attached hydrogen (secondary N) is 1. The van der Waals surface area contributed by atoms with Crippen molar-refractivity contribution in [2.45, 2.75) is 6.92 Å². The Morgan fingerprint density at radius 3 is 2.82 bits per heavy atom. The van der Waals surface area contributed by atoms with Gasteiger partial charge in [-0.05, 0) is 52.7 Å². The van der Waals surface area contributed by atoms with Gasteiger partial charge in [0.05, 0.1) is 14.8 Å². The molecule has 3 rings (SSSR count). The average Bonchev–Trinajstić information content (AvgIpc) is 2.81. The topological polar surface area (TPSA) is 37.8 Å². The monoisotopic (exact) mass is 308 g/mol. The van der Waals surface area contributed by atoms with E-state index in [-0.39, 0.29) is 5.69 Å². The molecule has 86 valence electrons. The Labute approximate surface area is 110 Å². The zero-order chi connectivity index (χ0) is 12.0. The molecule has 0 fully saturated rings. The Kier molecular flexibility index (Phi) is 2.45. The van der Waals surface area contributed by atoms with Crippen LogP contribution in [0, 0.1) is 6.92 Å². The predicted octanol–water partition coefficient (Wildman–Crippen LogP) is 3.45. The number of fused-ring (bicyclic) bond motifs is 1. The van der Waals surface area contributed by atoms with Crippen LogP contribution in [0.4, 0.5) is 0 Å². The lowest BCUT2D eigenvalue weighted by Crippen LogP contribution is -2.13. The number of nitrogens with zero attached hydrogens (tertiary/aromatic N) is 1. The minimum atomic E-state index is -0.0973. The van der Waals surface area contributed by atoms with Gasteiger partial charge in [-0.2, -0.15) is 0 Å². The van der Waals surface area contributed by atoms with Crippen LogP contribution in [0.2, 0.25) is 0 Å². The van der Waals surface area contributed by atoms with E-state index in [0.29, 0.717) is 0 Å². The summed E-state index contributed by atoms with van der Waals surface area (Å²) in [7, 11) is 0. The molecule has 0 amide bonds. The quantitative estimate of drug-likeness (QED) is 0.734. The van der Waals surface area contributed by atoms with E-state index in [1.54, 1.807) is 4.57 Å². The number of hydrogen-bond acceptors (Lipinski definition) is 2. The first kappa shape index (κ1) is 10.8. The highest BCUT2D eigenvalue weighted by atomic mass is 79.9. The fraction of sp³-hybridized carbons (Fsp3) is 0.0833. The Balaban J connectivity index is 2.39. The third kappa shape index (κ3) is 1.75. The van der Waals surface area contributed by atoms with Crippen molar-refractivity contribution in [1.82, 2.24) is 9.55 Å². The van der Waals surface area contributed by atoms with Crippen molar-refractivity contribution >= 4 is 38.3 Å². The van der Waals surface area contributed by atoms with Crippen molar-refractivity contribution in [1.29, 1.82) is 0 Å². The Bertz CT molecular complexity index is 753. The van der Waals surface area contributed by atoms with Gasteiger partial charge in [-0.3, -0.25) is 4.57 Å². The summed E-state index contributed by atoms with van der Waals surface area (Å²) in [5, 5.41) is 0.915. The highest BCUT2D eigenvalue weighted by Gasteiger charge is 2.10. The number of rotatable bonds is 1. The highest BCUT2D eigenvalue weighted by molar-refractivity contribution is 9.11. The first-order chi connectivity index (χ1) is 8.15. The maximum absolute atomic E-state index is 12.0. The SMILES string of the molecule is Cc1ccc2[nH]c(=O)n(-c3ccc(Br)s3)c2c1. The predicted molar refractivity (Wildman–Crippen MR) is 74.2 cm³/mol. The number of aromatic amines is 1. The van der Waals surface area contributed by atoms with E-state index in [9.17, 15) is 4.79 Å². The van der Waals surface area contributed by atoms with Crippen molar-refractivity contribution in [2.24, 2.45) is 0 Å². The number of aryl methyl sites for hydroxylation is 1. The molecule has 0 aliphatic rings. The summed E-state index contributed by atoms with van der Waals surface area (Å²) >= 11 is 4.95. The molecule has 0 aliphatic heterocycles. The Hall–Kier alpha value is -1.33. The normalized spacial score (nSPS) is 11.2. The average molecular weight is 309 g/mol. The maximum atomic E-state index is 12.0. The highest BCUT2D eigenvalue weighted by Crippen LogP contribution is 2.27. The van der Waals surface area contributed by atoms with Crippen molar-refractivity contribution < 1.29 is 0 Å². The second kappa shape index (κ2) is 3.85. The Morgan fingerprint density at radius 2 is 2.12 bits per heavy atom. The van der Waals surface area contributed by atoms with Crippen LogP contribution in [0.3, 0.4) is 0 Å². The summed E-state index contributed by atoms with van der Waals surface area (Å²) in [6, 6.07) is 9.83. The lowest BCUT2D eigenvalue weighted by Gasteiger charge is -1.99. The molecule has 0 saturated carbocycles. The van der Waals surface area contributed by atoms with Crippen LogP contribution in [-0.4, -0.2) is 9.55 Å². The standard InChI is InChI=1S/C12H9BrN2OS/c1-7-2-3-8-9(6-7)15(12(16)14-8)11-5-4-10(13)17-11/h2-6H,1H3,(H,14,16). The minimum Gasteiger partial charge on any atom is -0.305 e. The van der Waals surface area contributed by atoms with Gasteiger partial charge in [0.15, 0.2) is 0 Å². The van der Waals surface area contributed by atoms with Crippen LogP contribution in [0.15, 0.2) is 38.9 Å². The van der Waals surface area contributed by atoms with Crippen molar-refractivity contribution in [3.63, 3.8) is 0 Å². The fourth-order valence-electron chi connectivity index (χ4n) is 1.86. The molecule has 2 aromatic heterocycles. The first-order valence-corrected chi connectivity index (χ1v) is 6.73. The third-order valence-electron chi connectivity index (χ3n) is 2.62. The summed E-state index contributed by atoms with van der Waals surface area (Å²) in [5.41, 5.74) is 2.83. The molecule has 0 atom stereocenters. The number of thiophene rings is 1. The molecular formula is C12H9BrN2OS. The maximum Gasteiger partial charge on any atom is 0.331 e. The summed E-state index contributed by atoms with van der Waals surface area (Å²) < 4.78 is 2.72. The molecule has 0 radical (unpaired) electrons. The van der Waals surface area contributed by atoms with Crippen LogP contribution in [0.25, 0.3) is 16.0 Å². The van der Waals surface area contributed by atoms with Gasteiger partial charge in [0.2, 0.25) is 0 Å². The second-order valence-corrected chi connectivity index (χ2v) is 6.31. The summed E-state index contributed by atoms with van der Waals surface area (Å²) in [6.07, 6.45) is 0. The zero-order valence-electron chi connectivity index (χ0n) is 9.03. The molecule has 0 unspecified atom stereocenters. The van der Waals surface area contributed by atoms with Crippen LogP contribution in [-0.2, 0) is 0 Å². The lowest BCUT2D eigenvalue weighted by molar-refractivity contribution is 1.04. The molecule has 0 saturated heterocycles. The van der Waals surface area contributed by atoms with Crippen LogP contribution in [0.5, 0.6) is 0 Å². The molecule has 2 heterocycles. The number of H-pyrrole nitrogens is 1. The molecule has 0 bridgehead atoms. The van der Waals surface area contributed by atoms with Crippen LogP contribution >= 0.6 is 27.3 Å². The fourth-order valence-corrected chi connectivity index (χ4v) is 3.23. The molecule has 0 aliphatic carbocycles. The largest absolute Gasteiger partial charge is 0.331 e. The molecular weight excluding hydrogens is 300 g/mol. The number of benzene rings is 1. The minimum absolute atomic E-state index is 0.0973. The first-order valence-electron chi connectivity index (χ1n) is 5.12. The van der Waals surface area contributed by atoms with Crippen LogP contribution in [0.1, 0.15) is 5.56 Å². The number of imidazole rings is 1. The molecule has 0 spiro atoms. The third-order valence-corrected chi connectivity index (χ3v) is 4.23. The van der Waals surface area contributed by atoms with Crippen molar-refractivity contribution in [3.8, 4) is 5.00 Å². The molecule has 1 N–H and O–H groups in total. The van der Waals surface area contributed by atoms with E-state index in [2.05, 4.69) is 20.9 Å². The van der Waals surface area contributed by atoms with Gasteiger partial charge < -0.3 is 4.98 Å². The number of hydrogen-bond donors (Lipinski definition) is 1. The zero-order valence-corrected chi connectivity index (χ0v) is 11.4. The molecule has 5 heteroatoms. The Morgan fingerprint density at radius 1 is 1.29 bits per heavy atom. The molecule has 1 aromatic carbocycles. The summed E-state index contributed by atoms with van der Waals surface area (Å²) in [6.45, 7) is 2.02. The smallest absolute Gasteiger partial charge is 0.305 e. The van der Waals surface area contributed by atoms with E-state index in [4.69, 9.17) is 0 Å². The second-order valence-electron chi connectivity index (χ2n) is 3.86. The number of aromatic nitrogens is 2. The van der Waals surface area contributed by atoms with Crippen molar-refractivity contribution in [3.05, 3.63) is 50.2 Å². The summed E-state index contributed by atoms with van der Waals surface area (Å²) in [5.74, 6) is 0. The van der Waals surface area contributed by atoms with Gasteiger partial charge in [0.25, 0.3) is 0 Å². The molecule has 3 aromatic rings. The molecule has 17 heavy (non-hydrogen) atoms. The van der Waals surface area contributed by atoms with Gasteiger partial charge in [0.1, 0.15) is 5.00 Å². The van der Waals surface area contributed by atoms with E-state index < -0.39 is 0 Å². The van der Waals surface area contributed by atoms with Crippen molar-refractivity contribution in [2.75, 3.05) is 0 Å². The van der Waals surface area contributed by atoms with Gasteiger partial charge >= 0.3 is 5.69 Å².